The smallest absolute Gasteiger partial charge is 0.408 e. The van der Waals surface area contributed by atoms with E-state index in [4.69, 9.17) is 0 Å². The van der Waals surface area contributed by atoms with Crippen LogP contribution in [0.5, 0.6) is 5.88 Å². The second-order valence-corrected chi connectivity index (χ2v) is 6.41. The number of hydrogen-bond acceptors (Lipinski definition) is 7. The van der Waals surface area contributed by atoms with Crippen LogP contribution in [0.3, 0.4) is 0 Å². The Hall–Kier alpha value is -3.45. The molecule has 0 amide bonds. The molecule has 0 aliphatic carbocycles. The van der Waals surface area contributed by atoms with Crippen LogP contribution >= 0.6 is 0 Å². The Bertz CT molecular complexity index is 1230. The third-order valence-electron chi connectivity index (χ3n) is 4.21. The maximum absolute atomic E-state index is 13.6. The van der Waals surface area contributed by atoms with Gasteiger partial charge in [-0.3, -0.25) is 4.98 Å². The number of nitrogens with one attached hydrogen (secondary N) is 2. The lowest BCUT2D eigenvalue weighted by atomic mass is 10.3. The fourth-order valence-electron chi connectivity index (χ4n) is 2.92. The monoisotopic (exact) mass is 414 g/mol. The standard InChI is InChI=1S/C15H14F4N8O2/c16-8-1-2-26(5-8)13-23-10-7(3-9-11(28)24-14(29)22-9)4-21-27(10)12(25-13)20-6-15(17,18)19/h3-4,8,28H,1-2,5-6H2,(H2,22,24,29)/b7-3+,20-12?/t8-/m0/s1. The highest BCUT2D eigenvalue weighted by Crippen LogP contribution is 2.17. The minimum Gasteiger partial charge on any atom is -0.493 e. The minimum atomic E-state index is -4.55. The summed E-state index contributed by atoms with van der Waals surface area (Å²) in [6, 6.07) is 0. The van der Waals surface area contributed by atoms with Gasteiger partial charge in [-0.05, 0) is 12.5 Å². The van der Waals surface area contributed by atoms with Gasteiger partial charge in [0.2, 0.25) is 11.8 Å². The lowest BCUT2D eigenvalue weighted by Crippen LogP contribution is -2.31. The van der Waals surface area contributed by atoms with Gasteiger partial charge in [-0.1, -0.05) is 0 Å². The average molecular weight is 414 g/mol. The van der Waals surface area contributed by atoms with Crippen LogP contribution in [0.2, 0.25) is 0 Å². The first-order valence-electron chi connectivity index (χ1n) is 8.44. The van der Waals surface area contributed by atoms with Crippen LogP contribution in [0.1, 0.15) is 12.1 Å². The number of rotatable bonds is 3. The Balaban J connectivity index is 1.91. The topological polar surface area (TPSA) is 128 Å². The van der Waals surface area contributed by atoms with E-state index in [-0.39, 0.29) is 41.1 Å². The Kier molecular flexibility index (Phi) is 4.47. The highest BCUT2D eigenvalue weighted by atomic mass is 19.4. The number of aromatic nitrogens is 6. The summed E-state index contributed by atoms with van der Waals surface area (Å²) < 4.78 is 52.5. The zero-order chi connectivity index (χ0) is 20.8. The molecule has 1 aliphatic heterocycles. The van der Waals surface area contributed by atoms with Crippen LogP contribution in [0, 0.1) is 0 Å². The summed E-state index contributed by atoms with van der Waals surface area (Å²) in [6.07, 6.45) is -2.79. The number of H-pyrrole nitrogens is 2. The van der Waals surface area contributed by atoms with Crippen LogP contribution < -0.4 is 21.4 Å². The van der Waals surface area contributed by atoms with Crippen LogP contribution in [0.15, 0.2) is 16.0 Å². The molecule has 3 aromatic rings. The van der Waals surface area contributed by atoms with Crippen LogP contribution in [-0.4, -0.2) is 66.6 Å². The Labute approximate surface area is 158 Å². The lowest BCUT2D eigenvalue weighted by molar-refractivity contribution is -0.118. The predicted octanol–water partition coefficient (Wildman–Crippen LogP) is -0.595. The molecule has 154 valence electrons. The maximum atomic E-state index is 13.6. The molecule has 1 saturated heterocycles. The van der Waals surface area contributed by atoms with Crippen LogP contribution in [-0.2, 0) is 0 Å². The van der Waals surface area contributed by atoms with E-state index in [1.165, 1.54) is 17.2 Å². The molecule has 1 atom stereocenters. The molecule has 0 unspecified atom stereocenters. The molecule has 4 rings (SSSR count). The fraction of sp³-hybridized carbons (Fsp3) is 0.400. The quantitative estimate of drug-likeness (QED) is 0.492. The summed E-state index contributed by atoms with van der Waals surface area (Å²) in [5.74, 6) is -0.411. The molecule has 29 heavy (non-hydrogen) atoms. The van der Waals surface area contributed by atoms with E-state index in [2.05, 4.69) is 30.0 Å². The predicted molar refractivity (Wildman–Crippen MR) is 90.9 cm³/mol. The van der Waals surface area contributed by atoms with Crippen molar-refractivity contribution in [3.8, 4) is 5.88 Å². The molecular formula is C15H14F4N8O2. The number of aromatic amines is 2. The molecule has 3 N–H and O–H groups in total. The summed E-state index contributed by atoms with van der Waals surface area (Å²) in [5, 5.41) is 13.9. The number of aromatic hydroxyl groups is 1. The van der Waals surface area contributed by atoms with Gasteiger partial charge in [0.25, 0.3) is 5.62 Å². The SMILES string of the molecule is O=c1[nH]c(O)c(/C=c2\cnn3c(=NCC(F)(F)F)nc(N4CC[C@H](F)C4)nc23)[nH]1. The summed E-state index contributed by atoms with van der Waals surface area (Å²) in [5.41, 5.74) is -0.882. The van der Waals surface area contributed by atoms with E-state index in [0.29, 0.717) is 6.54 Å². The number of hydrogen-bond donors (Lipinski definition) is 3. The van der Waals surface area contributed by atoms with Crippen molar-refractivity contribution in [3.63, 3.8) is 0 Å². The highest BCUT2D eigenvalue weighted by Gasteiger charge is 2.27. The minimum absolute atomic E-state index is 0.00792. The van der Waals surface area contributed by atoms with E-state index in [1.54, 1.807) is 0 Å². The Morgan fingerprint density at radius 3 is 2.76 bits per heavy atom. The third-order valence-corrected chi connectivity index (χ3v) is 4.21. The first-order valence-corrected chi connectivity index (χ1v) is 8.44. The van der Waals surface area contributed by atoms with Gasteiger partial charge in [0.05, 0.1) is 12.7 Å². The van der Waals surface area contributed by atoms with Gasteiger partial charge < -0.3 is 15.0 Å². The molecule has 10 nitrogen and oxygen atoms in total. The van der Waals surface area contributed by atoms with Crippen LogP contribution in [0.25, 0.3) is 11.7 Å². The zero-order valence-corrected chi connectivity index (χ0v) is 14.6. The Morgan fingerprint density at radius 2 is 2.14 bits per heavy atom. The van der Waals surface area contributed by atoms with Gasteiger partial charge in [-0.25, -0.2) is 14.2 Å². The first kappa shape index (κ1) is 18.9. The first-order chi connectivity index (χ1) is 13.7. The van der Waals surface area contributed by atoms with Gasteiger partial charge >= 0.3 is 11.9 Å². The van der Waals surface area contributed by atoms with Crippen molar-refractivity contribution < 1.29 is 22.7 Å². The molecule has 0 saturated carbocycles. The number of anilines is 1. The second-order valence-electron chi connectivity index (χ2n) is 6.41. The normalized spacial score (nSPS) is 19.0. The molecule has 1 fully saturated rings. The van der Waals surface area contributed by atoms with Crippen LogP contribution in [0.4, 0.5) is 23.5 Å². The maximum Gasteiger partial charge on any atom is 0.408 e. The molecule has 0 bridgehead atoms. The van der Waals surface area contributed by atoms with E-state index in [0.717, 1.165) is 4.52 Å². The molecule has 1 aliphatic rings. The van der Waals surface area contributed by atoms with E-state index >= 15 is 0 Å². The molecule has 0 spiro atoms. The van der Waals surface area contributed by atoms with Gasteiger partial charge in [0.15, 0.2) is 5.65 Å². The highest BCUT2D eigenvalue weighted by molar-refractivity contribution is 5.57. The van der Waals surface area contributed by atoms with Gasteiger partial charge in [0, 0.05) is 11.8 Å². The summed E-state index contributed by atoms with van der Waals surface area (Å²) in [7, 11) is 0. The summed E-state index contributed by atoms with van der Waals surface area (Å²) in [6.45, 7) is -1.17. The van der Waals surface area contributed by atoms with Crippen molar-refractivity contribution in [2.45, 2.75) is 18.8 Å². The molecule has 4 heterocycles. The number of fused-ring (bicyclic) bond motifs is 1. The van der Waals surface area contributed by atoms with E-state index < -0.39 is 30.5 Å². The van der Waals surface area contributed by atoms with Crippen molar-refractivity contribution in [1.82, 2.24) is 29.5 Å². The molecule has 14 heteroatoms. The zero-order valence-electron chi connectivity index (χ0n) is 14.6. The number of nitrogens with zero attached hydrogens (tertiary/aromatic N) is 6. The summed E-state index contributed by atoms with van der Waals surface area (Å²) >= 11 is 0. The largest absolute Gasteiger partial charge is 0.493 e. The second kappa shape index (κ2) is 6.86. The number of alkyl halides is 4. The van der Waals surface area contributed by atoms with E-state index in [1.807, 2.05) is 0 Å². The van der Waals surface area contributed by atoms with Crippen molar-refractivity contribution >= 4 is 17.7 Å². The molecular weight excluding hydrogens is 400 g/mol. The van der Waals surface area contributed by atoms with Gasteiger partial charge in [-0.15, -0.1) is 0 Å². The van der Waals surface area contributed by atoms with Crippen molar-refractivity contribution in [2.24, 2.45) is 4.99 Å². The number of halogens is 4. The van der Waals surface area contributed by atoms with Gasteiger partial charge in [-0.2, -0.15) is 32.8 Å². The Morgan fingerprint density at radius 1 is 1.34 bits per heavy atom. The fourth-order valence-corrected chi connectivity index (χ4v) is 2.92. The summed E-state index contributed by atoms with van der Waals surface area (Å²) in [4.78, 5) is 29.1. The molecule has 0 aromatic carbocycles. The van der Waals surface area contributed by atoms with Crippen molar-refractivity contribution in [3.05, 3.63) is 33.2 Å². The van der Waals surface area contributed by atoms with Crippen molar-refractivity contribution in [1.29, 1.82) is 0 Å². The number of imidazole rings is 1. The molecule has 0 radical (unpaired) electrons. The van der Waals surface area contributed by atoms with Crippen molar-refractivity contribution in [2.75, 3.05) is 24.5 Å². The average Bonchev–Trinajstić information content (AvgIpc) is 3.32. The molecule has 3 aromatic heterocycles. The third kappa shape index (κ3) is 3.90. The van der Waals surface area contributed by atoms with Gasteiger partial charge in [0.1, 0.15) is 18.4 Å². The van der Waals surface area contributed by atoms with E-state index in [9.17, 15) is 27.5 Å². The lowest BCUT2D eigenvalue weighted by Gasteiger charge is -2.14.